The third-order valence-corrected chi connectivity index (χ3v) is 5.87. The molecule has 0 spiro atoms. The SMILES string of the molecule is COc1ccc(Nc2nc(Nc3ccc(-n4cnc(C)c4)c(OC)c3)nc3ncsc23)c(F)c1. The molecule has 2 N–H and O–H groups in total. The summed E-state index contributed by atoms with van der Waals surface area (Å²) in [5, 5.41) is 6.24. The number of hydrogen-bond donors (Lipinski definition) is 2. The Kier molecular flexibility index (Phi) is 5.68. The number of aromatic nitrogens is 5. The molecule has 0 radical (unpaired) electrons. The predicted octanol–water partition coefficient (Wildman–Crippen LogP) is 5.22. The van der Waals surface area contributed by atoms with Gasteiger partial charge in [-0.15, -0.1) is 11.3 Å². The molecular formula is C23H20FN7O2S. The number of methoxy groups -OCH3 is 2. The molecule has 2 aromatic carbocycles. The molecule has 0 aliphatic rings. The van der Waals surface area contributed by atoms with Crippen LogP contribution in [0.2, 0.25) is 0 Å². The highest BCUT2D eigenvalue weighted by atomic mass is 32.1. The molecule has 9 nitrogen and oxygen atoms in total. The first-order valence-corrected chi connectivity index (χ1v) is 11.1. The van der Waals surface area contributed by atoms with Gasteiger partial charge in [-0.1, -0.05) is 0 Å². The number of nitrogens with one attached hydrogen (secondary N) is 2. The number of benzene rings is 2. The van der Waals surface area contributed by atoms with Gasteiger partial charge in [0.25, 0.3) is 0 Å². The first-order chi connectivity index (χ1) is 16.5. The smallest absolute Gasteiger partial charge is 0.231 e. The standard InChI is InChI=1S/C23H20FN7O2S/c1-13-10-31(11-25-13)18-7-4-14(8-19(18)33-3)27-23-29-21-20(34-12-26-21)22(30-23)28-17-6-5-15(32-2)9-16(17)24/h4-12H,1-3H3,(H2,27,28,29,30). The van der Waals surface area contributed by atoms with E-state index in [-0.39, 0.29) is 5.69 Å². The molecule has 0 unspecified atom stereocenters. The molecule has 0 bridgehead atoms. The second kappa shape index (κ2) is 8.94. The van der Waals surface area contributed by atoms with Crippen LogP contribution in [-0.2, 0) is 0 Å². The van der Waals surface area contributed by atoms with E-state index in [1.165, 1.54) is 24.5 Å². The fraction of sp³-hybridized carbons (Fsp3) is 0.130. The molecule has 3 heterocycles. The highest BCUT2D eigenvalue weighted by Crippen LogP contribution is 2.32. The third kappa shape index (κ3) is 4.20. The first kappa shape index (κ1) is 21.6. The molecule has 11 heteroatoms. The van der Waals surface area contributed by atoms with Crippen molar-refractivity contribution in [3.05, 3.63) is 65.9 Å². The van der Waals surface area contributed by atoms with Gasteiger partial charge in [0.05, 0.1) is 43.1 Å². The Hall–Kier alpha value is -4.25. The van der Waals surface area contributed by atoms with Gasteiger partial charge >= 0.3 is 0 Å². The van der Waals surface area contributed by atoms with Gasteiger partial charge < -0.3 is 24.7 Å². The molecule has 0 atom stereocenters. The second-order valence-electron chi connectivity index (χ2n) is 7.31. The van der Waals surface area contributed by atoms with Gasteiger partial charge in [-0.3, -0.25) is 0 Å². The van der Waals surface area contributed by atoms with Crippen LogP contribution in [0.3, 0.4) is 0 Å². The zero-order valence-corrected chi connectivity index (χ0v) is 19.4. The number of fused-ring (bicyclic) bond motifs is 1. The Morgan fingerprint density at radius 1 is 1.00 bits per heavy atom. The zero-order chi connectivity index (χ0) is 23.7. The topological polar surface area (TPSA) is 99.0 Å². The van der Waals surface area contributed by atoms with Crippen LogP contribution in [0.1, 0.15) is 5.69 Å². The molecular weight excluding hydrogens is 457 g/mol. The second-order valence-corrected chi connectivity index (χ2v) is 8.16. The van der Waals surface area contributed by atoms with E-state index in [0.29, 0.717) is 39.3 Å². The quantitative estimate of drug-likeness (QED) is 0.329. The third-order valence-electron chi connectivity index (χ3n) is 5.05. The van der Waals surface area contributed by atoms with Crippen molar-refractivity contribution < 1.29 is 13.9 Å². The Morgan fingerprint density at radius 3 is 2.62 bits per heavy atom. The molecule has 5 rings (SSSR count). The minimum Gasteiger partial charge on any atom is -0.497 e. The van der Waals surface area contributed by atoms with E-state index in [4.69, 9.17) is 9.47 Å². The summed E-state index contributed by atoms with van der Waals surface area (Å²) in [6.45, 7) is 1.92. The van der Waals surface area contributed by atoms with Crippen LogP contribution in [0.4, 0.5) is 27.5 Å². The number of rotatable bonds is 7. The van der Waals surface area contributed by atoms with Gasteiger partial charge in [-0.25, -0.2) is 14.4 Å². The van der Waals surface area contributed by atoms with E-state index in [2.05, 4.69) is 30.6 Å². The maximum atomic E-state index is 14.5. The van der Waals surface area contributed by atoms with Crippen molar-refractivity contribution in [1.82, 2.24) is 24.5 Å². The molecule has 0 saturated heterocycles. The number of hydrogen-bond acceptors (Lipinski definition) is 9. The summed E-state index contributed by atoms with van der Waals surface area (Å²) in [6, 6.07) is 10.2. The lowest BCUT2D eigenvalue weighted by Crippen LogP contribution is -2.03. The fourth-order valence-electron chi connectivity index (χ4n) is 3.41. The van der Waals surface area contributed by atoms with Crippen molar-refractivity contribution in [2.75, 3.05) is 24.9 Å². The minimum atomic E-state index is -0.458. The minimum absolute atomic E-state index is 0.266. The number of thiazole rings is 1. The summed E-state index contributed by atoms with van der Waals surface area (Å²) in [7, 11) is 3.10. The van der Waals surface area contributed by atoms with Crippen LogP contribution in [0.15, 0.2) is 54.4 Å². The zero-order valence-electron chi connectivity index (χ0n) is 18.5. The first-order valence-electron chi connectivity index (χ1n) is 10.2. The van der Waals surface area contributed by atoms with Crippen molar-refractivity contribution >= 4 is 44.8 Å². The lowest BCUT2D eigenvalue weighted by molar-refractivity contribution is 0.411. The van der Waals surface area contributed by atoms with Gasteiger partial charge in [0.2, 0.25) is 5.95 Å². The molecule has 0 aliphatic carbocycles. The van der Waals surface area contributed by atoms with Gasteiger partial charge in [-0.2, -0.15) is 9.97 Å². The number of nitrogens with zero attached hydrogens (tertiary/aromatic N) is 5. The summed E-state index contributed by atoms with van der Waals surface area (Å²) >= 11 is 1.37. The van der Waals surface area contributed by atoms with Gasteiger partial charge in [0.15, 0.2) is 11.5 Å². The van der Waals surface area contributed by atoms with Crippen molar-refractivity contribution in [3.63, 3.8) is 0 Å². The summed E-state index contributed by atoms with van der Waals surface area (Å²) in [5.41, 5.74) is 4.90. The molecule has 5 aromatic rings. The van der Waals surface area contributed by atoms with Crippen LogP contribution < -0.4 is 20.1 Å². The Bertz CT molecular complexity index is 1480. The van der Waals surface area contributed by atoms with Crippen molar-refractivity contribution in [1.29, 1.82) is 0 Å². The van der Waals surface area contributed by atoms with Crippen LogP contribution in [-0.4, -0.2) is 38.7 Å². The maximum Gasteiger partial charge on any atom is 0.231 e. The van der Waals surface area contributed by atoms with Crippen LogP contribution in [0.25, 0.3) is 16.0 Å². The Morgan fingerprint density at radius 2 is 1.88 bits per heavy atom. The van der Waals surface area contributed by atoms with Crippen LogP contribution >= 0.6 is 11.3 Å². The summed E-state index contributed by atoms with van der Waals surface area (Å²) in [4.78, 5) is 17.6. The van der Waals surface area contributed by atoms with Crippen LogP contribution in [0.5, 0.6) is 11.5 Å². The Balaban J connectivity index is 1.47. The highest BCUT2D eigenvalue weighted by Gasteiger charge is 2.14. The largest absolute Gasteiger partial charge is 0.497 e. The molecule has 3 aromatic heterocycles. The monoisotopic (exact) mass is 477 g/mol. The van der Waals surface area contributed by atoms with Crippen molar-refractivity contribution in [2.45, 2.75) is 6.92 Å². The lowest BCUT2D eigenvalue weighted by Gasteiger charge is -2.13. The van der Waals surface area contributed by atoms with E-state index >= 15 is 0 Å². The fourth-order valence-corrected chi connectivity index (χ4v) is 4.08. The number of halogens is 1. The van der Waals surface area contributed by atoms with Gasteiger partial charge in [0.1, 0.15) is 22.0 Å². The Labute approximate surface area is 198 Å². The molecule has 0 fully saturated rings. The summed E-state index contributed by atoms with van der Waals surface area (Å²) in [5.74, 6) is 1.37. The predicted molar refractivity (Wildman–Crippen MR) is 130 cm³/mol. The molecule has 0 saturated carbocycles. The molecule has 172 valence electrons. The number of imidazole rings is 1. The lowest BCUT2D eigenvalue weighted by atomic mass is 10.2. The van der Waals surface area contributed by atoms with Gasteiger partial charge in [0, 0.05) is 24.0 Å². The van der Waals surface area contributed by atoms with E-state index < -0.39 is 5.82 Å². The highest BCUT2D eigenvalue weighted by molar-refractivity contribution is 7.17. The molecule has 0 amide bonds. The van der Waals surface area contributed by atoms with E-state index in [1.807, 2.05) is 35.9 Å². The average molecular weight is 478 g/mol. The molecule has 34 heavy (non-hydrogen) atoms. The van der Waals surface area contributed by atoms with Gasteiger partial charge in [-0.05, 0) is 31.2 Å². The number of anilines is 4. The van der Waals surface area contributed by atoms with Crippen LogP contribution in [0, 0.1) is 12.7 Å². The number of aryl methyl sites for hydroxylation is 1. The molecule has 0 aliphatic heterocycles. The normalized spacial score (nSPS) is 10.9. The van der Waals surface area contributed by atoms with E-state index in [9.17, 15) is 4.39 Å². The van der Waals surface area contributed by atoms with E-state index in [1.54, 1.807) is 31.1 Å². The van der Waals surface area contributed by atoms with E-state index in [0.717, 1.165) is 11.4 Å². The summed E-state index contributed by atoms with van der Waals surface area (Å²) < 4.78 is 27.8. The van der Waals surface area contributed by atoms with Crippen molar-refractivity contribution in [3.8, 4) is 17.2 Å². The average Bonchev–Trinajstić information content (AvgIpc) is 3.49. The number of ether oxygens (including phenoxy) is 2. The maximum absolute atomic E-state index is 14.5. The van der Waals surface area contributed by atoms with Crippen molar-refractivity contribution in [2.24, 2.45) is 0 Å². The summed E-state index contributed by atoms with van der Waals surface area (Å²) in [6.07, 6.45) is 3.65.